The molecule has 0 fully saturated rings. The summed E-state index contributed by atoms with van der Waals surface area (Å²) < 4.78 is 0. The van der Waals surface area contributed by atoms with Crippen molar-refractivity contribution in [2.75, 3.05) is 0 Å². The van der Waals surface area contributed by atoms with Crippen LogP contribution in [0.25, 0.3) is 0 Å². The van der Waals surface area contributed by atoms with Crippen molar-refractivity contribution < 1.29 is 5.11 Å². The number of aliphatic hydroxyl groups excluding tert-OH is 1. The lowest BCUT2D eigenvalue weighted by atomic mass is 10.1. The molecule has 1 aliphatic rings. The van der Waals surface area contributed by atoms with Crippen LogP contribution in [-0.2, 0) is 0 Å². The van der Waals surface area contributed by atoms with Crippen LogP contribution in [-0.4, -0.2) is 11.2 Å². The molecule has 0 bridgehead atoms. The average molecular weight is 126 g/mol. The molecule has 0 amide bonds. The predicted octanol–water partition coefficient (Wildman–Crippen LogP) is 1.72. The summed E-state index contributed by atoms with van der Waals surface area (Å²) in [5, 5.41) is 9.12. The van der Waals surface area contributed by atoms with Gasteiger partial charge in [-0.25, -0.2) is 0 Å². The molecule has 0 saturated carbocycles. The van der Waals surface area contributed by atoms with Gasteiger partial charge < -0.3 is 5.11 Å². The van der Waals surface area contributed by atoms with Crippen molar-refractivity contribution in [2.24, 2.45) is 5.92 Å². The van der Waals surface area contributed by atoms with Crippen LogP contribution in [0.1, 0.15) is 26.2 Å². The summed E-state index contributed by atoms with van der Waals surface area (Å²) in [4.78, 5) is 0. The van der Waals surface area contributed by atoms with Crippen LogP contribution in [0.15, 0.2) is 12.2 Å². The minimum atomic E-state index is -0.171. The van der Waals surface area contributed by atoms with Crippen molar-refractivity contribution in [3.8, 4) is 0 Å². The van der Waals surface area contributed by atoms with Gasteiger partial charge in [0.05, 0.1) is 6.10 Å². The summed E-state index contributed by atoms with van der Waals surface area (Å²) in [5.74, 6) is 0.669. The third-order valence-electron chi connectivity index (χ3n) is 1.82. The van der Waals surface area contributed by atoms with E-state index in [1.54, 1.807) is 0 Å². The molecule has 1 aliphatic carbocycles. The van der Waals surface area contributed by atoms with Crippen LogP contribution in [0.4, 0.5) is 0 Å². The first kappa shape index (κ1) is 6.81. The molecule has 1 rings (SSSR count). The van der Waals surface area contributed by atoms with Crippen LogP contribution in [0, 0.1) is 5.92 Å². The van der Waals surface area contributed by atoms with Crippen molar-refractivity contribution in [1.82, 2.24) is 0 Å². The van der Waals surface area contributed by atoms with Crippen LogP contribution in [0.5, 0.6) is 0 Å². The largest absolute Gasteiger partial charge is 0.389 e. The van der Waals surface area contributed by atoms with E-state index < -0.39 is 0 Å². The topological polar surface area (TPSA) is 20.2 Å². The number of allylic oxidation sites excluding steroid dienone is 1. The average Bonchev–Trinajstić information content (AvgIpc) is 1.97. The molecular weight excluding hydrogens is 112 g/mol. The molecule has 0 radical (unpaired) electrons. The molecule has 0 aliphatic heterocycles. The van der Waals surface area contributed by atoms with E-state index in [9.17, 15) is 0 Å². The molecule has 9 heavy (non-hydrogen) atoms. The molecule has 1 heteroatoms. The van der Waals surface area contributed by atoms with Gasteiger partial charge in [0.2, 0.25) is 0 Å². The molecule has 0 saturated heterocycles. The van der Waals surface area contributed by atoms with Crippen molar-refractivity contribution in [1.29, 1.82) is 0 Å². The minimum absolute atomic E-state index is 0.171. The Labute approximate surface area is 56.4 Å². The van der Waals surface area contributed by atoms with Crippen molar-refractivity contribution in [2.45, 2.75) is 32.3 Å². The van der Waals surface area contributed by atoms with Gasteiger partial charge in [-0.1, -0.05) is 19.1 Å². The zero-order chi connectivity index (χ0) is 6.69. The van der Waals surface area contributed by atoms with Gasteiger partial charge in [-0.3, -0.25) is 0 Å². The quantitative estimate of drug-likeness (QED) is 0.490. The maximum atomic E-state index is 9.12. The first-order chi connectivity index (χ1) is 4.29. The Balaban J connectivity index is 2.43. The highest BCUT2D eigenvalue weighted by atomic mass is 16.3. The van der Waals surface area contributed by atoms with E-state index in [-0.39, 0.29) is 6.10 Å². The van der Waals surface area contributed by atoms with E-state index in [0.29, 0.717) is 5.92 Å². The summed E-state index contributed by atoms with van der Waals surface area (Å²) in [7, 11) is 0. The molecular formula is C8H14O. The second kappa shape index (κ2) is 3.02. The highest BCUT2D eigenvalue weighted by molar-refractivity contribution is 4.94. The van der Waals surface area contributed by atoms with E-state index >= 15 is 0 Å². The highest BCUT2D eigenvalue weighted by Gasteiger charge is 2.06. The molecule has 1 nitrogen and oxygen atoms in total. The lowest BCUT2D eigenvalue weighted by molar-refractivity contribution is 0.211. The molecule has 0 aromatic carbocycles. The Bertz CT molecular complexity index is 95.1. The van der Waals surface area contributed by atoms with Gasteiger partial charge >= 0.3 is 0 Å². The highest BCUT2D eigenvalue weighted by Crippen LogP contribution is 2.15. The van der Waals surface area contributed by atoms with Crippen LogP contribution >= 0.6 is 0 Å². The van der Waals surface area contributed by atoms with Gasteiger partial charge in [0.1, 0.15) is 0 Å². The van der Waals surface area contributed by atoms with Crippen LogP contribution < -0.4 is 0 Å². The predicted molar refractivity (Wildman–Crippen MR) is 38.2 cm³/mol. The van der Waals surface area contributed by atoms with Gasteiger partial charge in [0, 0.05) is 0 Å². The maximum absolute atomic E-state index is 9.12. The van der Waals surface area contributed by atoms with Gasteiger partial charge in [0.25, 0.3) is 0 Å². The Kier molecular flexibility index (Phi) is 2.29. The summed E-state index contributed by atoms with van der Waals surface area (Å²) >= 11 is 0. The third kappa shape index (κ3) is 2.19. The van der Waals surface area contributed by atoms with Crippen LogP contribution in [0.3, 0.4) is 0 Å². The van der Waals surface area contributed by atoms with Gasteiger partial charge in [-0.15, -0.1) is 0 Å². The number of aliphatic hydroxyl groups is 1. The number of hydrogen-bond acceptors (Lipinski definition) is 1. The summed E-state index contributed by atoms with van der Waals surface area (Å²) in [6.07, 6.45) is 7.19. The molecule has 52 valence electrons. The Morgan fingerprint density at radius 1 is 1.33 bits per heavy atom. The zero-order valence-electron chi connectivity index (χ0n) is 5.88. The van der Waals surface area contributed by atoms with Crippen molar-refractivity contribution >= 4 is 0 Å². The lowest BCUT2D eigenvalue weighted by Gasteiger charge is -2.00. The van der Waals surface area contributed by atoms with Gasteiger partial charge in [-0.05, 0) is 25.2 Å². The van der Waals surface area contributed by atoms with Crippen LogP contribution in [0.2, 0.25) is 0 Å². The molecule has 2 atom stereocenters. The second-order valence-corrected chi connectivity index (χ2v) is 2.86. The molecule has 0 heterocycles. The SMILES string of the molecule is C[C@H]1C=C[C@H](O)CCC1. The maximum Gasteiger partial charge on any atom is 0.0721 e. The normalized spacial score (nSPS) is 36.2. The number of rotatable bonds is 0. The molecule has 0 spiro atoms. The molecule has 0 aromatic rings. The first-order valence-corrected chi connectivity index (χ1v) is 3.65. The van der Waals surface area contributed by atoms with E-state index in [1.807, 2.05) is 6.08 Å². The third-order valence-corrected chi connectivity index (χ3v) is 1.82. The molecule has 1 N–H and O–H groups in total. The first-order valence-electron chi connectivity index (χ1n) is 3.65. The summed E-state index contributed by atoms with van der Waals surface area (Å²) in [6, 6.07) is 0. The molecule has 0 unspecified atom stereocenters. The van der Waals surface area contributed by atoms with E-state index in [2.05, 4.69) is 13.0 Å². The van der Waals surface area contributed by atoms with Gasteiger partial charge in [0.15, 0.2) is 0 Å². The molecule has 0 aromatic heterocycles. The van der Waals surface area contributed by atoms with E-state index in [4.69, 9.17) is 5.11 Å². The van der Waals surface area contributed by atoms with Crippen molar-refractivity contribution in [3.05, 3.63) is 12.2 Å². The minimum Gasteiger partial charge on any atom is -0.389 e. The van der Waals surface area contributed by atoms with E-state index in [0.717, 1.165) is 12.8 Å². The summed E-state index contributed by atoms with van der Waals surface area (Å²) in [6.45, 7) is 2.19. The van der Waals surface area contributed by atoms with E-state index in [1.165, 1.54) is 6.42 Å². The fraction of sp³-hybridized carbons (Fsp3) is 0.750. The monoisotopic (exact) mass is 126 g/mol. The smallest absolute Gasteiger partial charge is 0.0721 e. The zero-order valence-corrected chi connectivity index (χ0v) is 5.88. The summed E-state index contributed by atoms with van der Waals surface area (Å²) in [5.41, 5.74) is 0. The fourth-order valence-electron chi connectivity index (χ4n) is 1.16. The Hall–Kier alpha value is -0.300. The lowest BCUT2D eigenvalue weighted by Crippen LogP contribution is -1.98. The Morgan fingerprint density at radius 2 is 2.11 bits per heavy atom. The Morgan fingerprint density at radius 3 is 2.89 bits per heavy atom. The standard InChI is InChI=1S/C8H14O/c1-7-3-2-4-8(9)6-5-7/h5-9H,2-4H2,1H3/t7-,8-/m1/s1. The number of hydrogen-bond donors (Lipinski definition) is 1. The van der Waals surface area contributed by atoms with Gasteiger partial charge in [-0.2, -0.15) is 0 Å². The fourth-order valence-corrected chi connectivity index (χ4v) is 1.16. The second-order valence-electron chi connectivity index (χ2n) is 2.86. The van der Waals surface area contributed by atoms with Crippen molar-refractivity contribution in [3.63, 3.8) is 0 Å².